The van der Waals surface area contributed by atoms with Gasteiger partial charge in [0.15, 0.2) is 6.10 Å². The molecule has 0 radical (unpaired) electrons. The van der Waals surface area contributed by atoms with Crippen LogP contribution in [-0.4, -0.2) is 28.3 Å². The molecule has 0 saturated carbocycles. The maximum absolute atomic E-state index is 13.1. The highest BCUT2D eigenvalue weighted by Crippen LogP contribution is 2.18. The van der Waals surface area contributed by atoms with Gasteiger partial charge in [0.1, 0.15) is 11.6 Å². The average Bonchev–Trinajstić information content (AvgIpc) is 2.69. The molecule has 0 bridgehead atoms. The van der Waals surface area contributed by atoms with Gasteiger partial charge in [-0.05, 0) is 74.4 Å². The first-order valence-corrected chi connectivity index (χ1v) is 9.68. The highest BCUT2D eigenvalue weighted by Gasteiger charge is 2.15. The summed E-state index contributed by atoms with van der Waals surface area (Å²) in [6.07, 6.45) is -0.679. The molecule has 6 nitrogen and oxygen atoms in total. The Kier molecular flexibility index (Phi) is 6.61. The third-order valence-electron chi connectivity index (χ3n) is 4.51. The molecule has 2 aromatic carbocycles. The van der Waals surface area contributed by atoms with E-state index >= 15 is 0 Å². The number of amides is 1. The largest absolute Gasteiger partial charge is 0.481 e. The Labute approximate surface area is 174 Å². The summed E-state index contributed by atoms with van der Waals surface area (Å²) in [5.74, 6) is 0.0175. The molecule has 156 valence electrons. The van der Waals surface area contributed by atoms with Crippen LogP contribution in [0.15, 0.2) is 59.4 Å². The normalized spacial score (nSPS) is 11.7. The summed E-state index contributed by atoms with van der Waals surface area (Å²) in [7, 11) is 0. The minimum atomic E-state index is -0.679. The number of hydrogen-bond donors (Lipinski definition) is 1. The van der Waals surface area contributed by atoms with Crippen LogP contribution in [0.2, 0.25) is 0 Å². The maximum Gasteiger partial charge on any atom is 0.266 e. The Morgan fingerprint density at radius 2 is 1.77 bits per heavy atom. The maximum atomic E-state index is 13.1. The lowest BCUT2D eigenvalue weighted by Gasteiger charge is -2.16. The van der Waals surface area contributed by atoms with Crippen LogP contribution in [0.5, 0.6) is 5.75 Å². The first-order valence-electron chi connectivity index (χ1n) is 9.68. The van der Waals surface area contributed by atoms with Crippen LogP contribution in [0.4, 0.5) is 4.39 Å². The molecule has 1 unspecified atom stereocenters. The van der Waals surface area contributed by atoms with Crippen molar-refractivity contribution in [3.8, 4) is 17.0 Å². The summed E-state index contributed by atoms with van der Waals surface area (Å²) < 4.78 is 20.1. The SMILES string of the molecule is Cc1cc(C)cc(OC(C)C(=O)NCCn2nc(-c3ccc(F)cc3)ccc2=O)c1. The molecule has 0 aliphatic heterocycles. The van der Waals surface area contributed by atoms with Gasteiger partial charge in [0.25, 0.3) is 11.5 Å². The fourth-order valence-electron chi connectivity index (χ4n) is 3.07. The minimum absolute atomic E-state index is 0.204. The topological polar surface area (TPSA) is 73.2 Å². The fraction of sp³-hybridized carbons (Fsp3) is 0.261. The number of ether oxygens (including phenoxy) is 1. The van der Waals surface area contributed by atoms with Crippen LogP contribution < -0.4 is 15.6 Å². The number of nitrogens with zero attached hydrogens (tertiary/aromatic N) is 2. The van der Waals surface area contributed by atoms with Crippen molar-refractivity contribution in [1.82, 2.24) is 15.1 Å². The van der Waals surface area contributed by atoms with Crippen molar-refractivity contribution in [2.24, 2.45) is 0 Å². The number of aromatic nitrogens is 2. The third-order valence-corrected chi connectivity index (χ3v) is 4.51. The van der Waals surface area contributed by atoms with Gasteiger partial charge >= 0.3 is 0 Å². The Bertz CT molecular complexity index is 1070. The molecule has 1 amide bonds. The zero-order chi connectivity index (χ0) is 21.7. The molecule has 7 heteroatoms. The van der Waals surface area contributed by atoms with Crippen LogP contribution in [0, 0.1) is 19.7 Å². The van der Waals surface area contributed by atoms with Crippen LogP contribution in [-0.2, 0) is 11.3 Å². The van der Waals surface area contributed by atoms with Crippen LogP contribution in [0.25, 0.3) is 11.3 Å². The number of rotatable bonds is 7. The lowest BCUT2D eigenvalue weighted by molar-refractivity contribution is -0.127. The van der Waals surface area contributed by atoms with Gasteiger partial charge in [0.2, 0.25) is 0 Å². The van der Waals surface area contributed by atoms with E-state index in [1.165, 1.54) is 22.9 Å². The molecule has 0 fully saturated rings. The van der Waals surface area contributed by atoms with E-state index < -0.39 is 6.10 Å². The number of carbonyl (C=O) groups excluding carboxylic acids is 1. The monoisotopic (exact) mass is 409 g/mol. The minimum Gasteiger partial charge on any atom is -0.481 e. The van der Waals surface area contributed by atoms with E-state index in [2.05, 4.69) is 10.4 Å². The van der Waals surface area contributed by atoms with Gasteiger partial charge in [-0.1, -0.05) is 6.07 Å². The fourth-order valence-corrected chi connectivity index (χ4v) is 3.07. The summed E-state index contributed by atoms with van der Waals surface area (Å²) in [5, 5.41) is 7.06. The summed E-state index contributed by atoms with van der Waals surface area (Å²) in [6.45, 7) is 6.03. The Morgan fingerprint density at radius 3 is 2.43 bits per heavy atom. The van der Waals surface area contributed by atoms with E-state index in [1.54, 1.807) is 25.1 Å². The lowest BCUT2D eigenvalue weighted by Crippen LogP contribution is -2.39. The molecule has 0 spiro atoms. The zero-order valence-corrected chi connectivity index (χ0v) is 17.2. The van der Waals surface area contributed by atoms with Gasteiger partial charge in [0, 0.05) is 18.2 Å². The molecule has 0 aliphatic rings. The second-order valence-corrected chi connectivity index (χ2v) is 7.16. The van der Waals surface area contributed by atoms with Gasteiger partial charge in [-0.3, -0.25) is 9.59 Å². The van der Waals surface area contributed by atoms with Crippen molar-refractivity contribution in [3.05, 3.63) is 81.9 Å². The molecule has 0 saturated heterocycles. The first kappa shape index (κ1) is 21.2. The Balaban J connectivity index is 1.58. The molecular formula is C23H24FN3O3. The molecule has 3 rings (SSSR count). The predicted octanol–water partition coefficient (Wildman–Crippen LogP) is 3.25. The van der Waals surface area contributed by atoms with E-state index in [-0.39, 0.29) is 30.4 Å². The number of hydrogen-bond acceptors (Lipinski definition) is 4. The quantitative estimate of drug-likeness (QED) is 0.650. The molecule has 1 N–H and O–H groups in total. The van der Waals surface area contributed by atoms with Crippen LogP contribution in [0.3, 0.4) is 0 Å². The molecule has 1 heterocycles. The van der Waals surface area contributed by atoms with E-state index in [9.17, 15) is 14.0 Å². The summed E-state index contributed by atoms with van der Waals surface area (Å²) in [6, 6.07) is 14.6. The molecular weight excluding hydrogens is 385 g/mol. The highest BCUT2D eigenvalue weighted by molar-refractivity contribution is 5.80. The second kappa shape index (κ2) is 9.35. The molecule has 3 aromatic rings. The summed E-state index contributed by atoms with van der Waals surface area (Å²) in [5.41, 5.74) is 3.08. The number of carbonyl (C=O) groups is 1. The number of nitrogens with one attached hydrogen (secondary N) is 1. The summed E-state index contributed by atoms with van der Waals surface area (Å²) in [4.78, 5) is 24.4. The number of halogens is 1. The van der Waals surface area contributed by atoms with Gasteiger partial charge in [0.05, 0.1) is 12.2 Å². The molecule has 30 heavy (non-hydrogen) atoms. The number of aryl methyl sites for hydroxylation is 2. The van der Waals surface area contributed by atoms with Gasteiger partial charge < -0.3 is 10.1 Å². The van der Waals surface area contributed by atoms with E-state index in [0.717, 1.165) is 11.1 Å². The van der Waals surface area contributed by atoms with Crippen molar-refractivity contribution in [2.45, 2.75) is 33.4 Å². The van der Waals surface area contributed by atoms with Crippen molar-refractivity contribution >= 4 is 5.91 Å². The third kappa shape index (κ3) is 5.53. The molecule has 0 aliphatic carbocycles. The van der Waals surface area contributed by atoms with Gasteiger partial charge in [-0.25, -0.2) is 9.07 Å². The average molecular weight is 409 g/mol. The van der Waals surface area contributed by atoms with Crippen molar-refractivity contribution < 1.29 is 13.9 Å². The summed E-state index contributed by atoms with van der Waals surface area (Å²) >= 11 is 0. The second-order valence-electron chi connectivity index (χ2n) is 7.16. The Hall–Kier alpha value is -3.48. The van der Waals surface area contributed by atoms with E-state index in [1.807, 2.05) is 32.0 Å². The highest BCUT2D eigenvalue weighted by atomic mass is 19.1. The molecule has 1 atom stereocenters. The van der Waals surface area contributed by atoms with Crippen molar-refractivity contribution in [1.29, 1.82) is 0 Å². The van der Waals surface area contributed by atoms with Crippen LogP contribution >= 0.6 is 0 Å². The zero-order valence-electron chi connectivity index (χ0n) is 17.2. The van der Waals surface area contributed by atoms with Crippen molar-refractivity contribution in [3.63, 3.8) is 0 Å². The lowest BCUT2D eigenvalue weighted by atomic mass is 10.1. The van der Waals surface area contributed by atoms with Gasteiger partial charge in [-0.2, -0.15) is 5.10 Å². The van der Waals surface area contributed by atoms with Gasteiger partial charge in [-0.15, -0.1) is 0 Å². The number of benzene rings is 2. The van der Waals surface area contributed by atoms with E-state index in [4.69, 9.17) is 4.74 Å². The van der Waals surface area contributed by atoms with Crippen LogP contribution in [0.1, 0.15) is 18.1 Å². The first-order chi connectivity index (χ1) is 14.3. The van der Waals surface area contributed by atoms with E-state index in [0.29, 0.717) is 17.0 Å². The standard InChI is InChI=1S/C23H24FN3O3/c1-15-12-16(2)14-20(13-15)30-17(3)23(29)25-10-11-27-22(28)9-8-21(26-27)18-4-6-19(24)7-5-18/h4-9,12-14,17H,10-11H2,1-3H3,(H,25,29). The Morgan fingerprint density at radius 1 is 1.10 bits per heavy atom. The molecule has 1 aromatic heterocycles. The predicted molar refractivity (Wildman–Crippen MR) is 113 cm³/mol. The van der Waals surface area contributed by atoms with Crippen molar-refractivity contribution in [2.75, 3.05) is 6.54 Å². The smallest absolute Gasteiger partial charge is 0.266 e.